The molecule has 0 spiro atoms. The van der Waals surface area contributed by atoms with Gasteiger partial charge in [-0.15, -0.1) is 5.10 Å². The van der Waals surface area contributed by atoms with E-state index in [-0.39, 0.29) is 5.91 Å². The van der Waals surface area contributed by atoms with Gasteiger partial charge in [-0.3, -0.25) is 4.79 Å². The number of nitrogens with one attached hydrogen (secondary N) is 1. The van der Waals surface area contributed by atoms with Crippen LogP contribution < -0.4 is 10.3 Å². The standard InChI is InChI=1S/C20H23N7O/c1-4-26(5-2)18-11-9-16(10-12-18)20(28)23-22-15(3)17-7-6-8-19(13-17)27-14-21-24-25-27/h6-14H,4-5H2,1-3H3,(H,23,28)/b22-15-. The maximum atomic E-state index is 12.4. The molecule has 3 aromatic rings. The van der Waals surface area contributed by atoms with Gasteiger partial charge in [-0.2, -0.15) is 5.10 Å². The molecular formula is C20H23N7O. The quantitative estimate of drug-likeness (QED) is 0.505. The van der Waals surface area contributed by atoms with Gasteiger partial charge >= 0.3 is 0 Å². The van der Waals surface area contributed by atoms with Crippen LogP contribution in [0.1, 0.15) is 36.7 Å². The highest BCUT2D eigenvalue weighted by atomic mass is 16.2. The van der Waals surface area contributed by atoms with Crippen LogP contribution in [0.15, 0.2) is 60.0 Å². The Labute approximate surface area is 163 Å². The van der Waals surface area contributed by atoms with Gasteiger partial charge in [0.2, 0.25) is 0 Å². The summed E-state index contributed by atoms with van der Waals surface area (Å²) < 4.78 is 1.56. The number of nitrogens with zero attached hydrogens (tertiary/aromatic N) is 6. The second-order valence-electron chi connectivity index (χ2n) is 6.16. The van der Waals surface area contributed by atoms with Crippen molar-refractivity contribution < 1.29 is 4.79 Å². The highest BCUT2D eigenvalue weighted by Gasteiger charge is 2.08. The molecule has 0 fully saturated rings. The van der Waals surface area contributed by atoms with Gasteiger partial charge in [0.1, 0.15) is 6.33 Å². The summed E-state index contributed by atoms with van der Waals surface area (Å²) in [6.45, 7) is 7.90. The molecular weight excluding hydrogens is 354 g/mol. The molecule has 1 N–H and O–H groups in total. The Kier molecular flexibility index (Phi) is 6.11. The minimum Gasteiger partial charge on any atom is -0.372 e. The van der Waals surface area contributed by atoms with Gasteiger partial charge in [-0.1, -0.05) is 12.1 Å². The fourth-order valence-electron chi connectivity index (χ4n) is 2.83. The molecule has 0 saturated heterocycles. The van der Waals surface area contributed by atoms with Crippen molar-refractivity contribution in [3.8, 4) is 5.69 Å². The van der Waals surface area contributed by atoms with E-state index in [0.29, 0.717) is 11.3 Å². The predicted octanol–water partition coefficient (Wildman–Crippen LogP) is 2.66. The molecule has 8 nitrogen and oxygen atoms in total. The highest BCUT2D eigenvalue weighted by Crippen LogP contribution is 2.15. The number of tetrazole rings is 1. The summed E-state index contributed by atoms with van der Waals surface area (Å²) in [5.41, 5.74) is 6.64. The number of hydrogen-bond acceptors (Lipinski definition) is 6. The molecule has 144 valence electrons. The number of amides is 1. The zero-order valence-corrected chi connectivity index (χ0v) is 16.2. The Morgan fingerprint density at radius 1 is 1.11 bits per heavy atom. The summed E-state index contributed by atoms with van der Waals surface area (Å²) in [7, 11) is 0. The van der Waals surface area contributed by atoms with E-state index < -0.39 is 0 Å². The highest BCUT2D eigenvalue weighted by molar-refractivity contribution is 6.01. The molecule has 3 rings (SSSR count). The van der Waals surface area contributed by atoms with Gasteiger partial charge in [0.05, 0.1) is 11.4 Å². The van der Waals surface area contributed by atoms with Crippen LogP contribution in [0.4, 0.5) is 5.69 Å². The van der Waals surface area contributed by atoms with Crippen LogP contribution >= 0.6 is 0 Å². The minimum absolute atomic E-state index is 0.248. The van der Waals surface area contributed by atoms with Crippen molar-refractivity contribution in [3.63, 3.8) is 0 Å². The summed E-state index contributed by atoms with van der Waals surface area (Å²) >= 11 is 0. The second-order valence-corrected chi connectivity index (χ2v) is 6.16. The second kappa shape index (κ2) is 8.90. The van der Waals surface area contributed by atoms with Crippen LogP contribution in [0, 0.1) is 0 Å². The van der Waals surface area contributed by atoms with Crippen LogP contribution in [0.25, 0.3) is 5.69 Å². The molecule has 1 aromatic heterocycles. The van der Waals surface area contributed by atoms with E-state index in [0.717, 1.165) is 30.0 Å². The third kappa shape index (κ3) is 4.40. The largest absolute Gasteiger partial charge is 0.372 e. The Morgan fingerprint density at radius 3 is 2.50 bits per heavy atom. The van der Waals surface area contributed by atoms with E-state index >= 15 is 0 Å². The van der Waals surface area contributed by atoms with E-state index in [2.05, 4.69) is 44.8 Å². The van der Waals surface area contributed by atoms with Crippen molar-refractivity contribution >= 4 is 17.3 Å². The Hall–Kier alpha value is -3.55. The molecule has 0 saturated carbocycles. The maximum Gasteiger partial charge on any atom is 0.271 e. The molecule has 1 amide bonds. The molecule has 0 aliphatic rings. The van der Waals surface area contributed by atoms with E-state index in [1.165, 1.54) is 6.33 Å². The first-order valence-electron chi connectivity index (χ1n) is 9.15. The smallest absolute Gasteiger partial charge is 0.271 e. The molecule has 0 aliphatic carbocycles. The molecule has 0 atom stereocenters. The van der Waals surface area contributed by atoms with Crippen molar-refractivity contribution in [2.24, 2.45) is 5.10 Å². The number of rotatable bonds is 7. The van der Waals surface area contributed by atoms with Gasteiger partial charge in [0.15, 0.2) is 0 Å². The number of aromatic nitrogens is 4. The van der Waals surface area contributed by atoms with Crippen molar-refractivity contribution in [1.82, 2.24) is 25.6 Å². The van der Waals surface area contributed by atoms with Crippen LogP contribution in [-0.2, 0) is 0 Å². The van der Waals surface area contributed by atoms with E-state index in [9.17, 15) is 4.79 Å². The molecule has 0 radical (unpaired) electrons. The molecule has 1 heterocycles. The Morgan fingerprint density at radius 2 is 1.86 bits per heavy atom. The maximum absolute atomic E-state index is 12.4. The minimum atomic E-state index is -0.248. The number of carbonyl (C=O) groups excluding carboxylic acids is 1. The summed E-state index contributed by atoms with van der Waals surface area (Å²) in [5, 5.41) is 15.4. The lowest BCUT2D eigenvalue weighted by molar-refractivity contribution is 0.0955. The number of hydrazone groups is 1. The predicted molar refractivity (Wildman–Crippen MR) is 109 cm³/mol. The molecule has 0 unspecified atom stereocenters. The van der Waals surface area contributed by atoms with Crippen molar-refractivity contribution in [2.45, 2.75) is 20.8 Å². The van der Waals surface area contributed by atoms with Gasteiger partial charge in [-0.05, 0) is 73.2 Å². The fourth-order valence-corrected chi connectivity index (χ4v) is 2.83. The van der Waals surface area contributed by atoms with Gasteiger partial charge in [-0.25, -0.2) is 10.1 Å². The SMILES string of the molecule is CCN(CC)c1ccc(C(=O)N/N=C(/C)c2cccc(-n3cnnn3)c2)cc1. The lowest BCUT2D eigenvalue weighted by atomic mass is 10.1. The topological polar surface area (TPSA) is 88.3 Å². The summed E-state index contributed by atoms with van der Waals surface area (Å²) in [4.78, 5) is 14.6. The molecule has 2 aromatic carbocycles. The van der Waals surface area contributed by atoms with Crippen LogP contribution in [0.5, 0.6) is 0 Å². The van der Waals surface area contributed by atoms with Crippen molar-refractivity contribution in [3.05, 3.63) is 66.0 Å². The van der Waals surface area contributed by atoms with Gasteiger partial charge < -0.3 is 4.90 Å². The first kappa shape index (κ1) is 19.2. The first-order valence-corrected chi connectivity index (χ1v) is 9.15. The molecule has 28 heavy (non-hydrogen) atoms. The zero-order valence-electron chi connectivity index (χ0n) is 16.2. The number of benzene rings is 2. The van der Waals surface area contributed by atoms with Crippen LogP contribution in [0.2, 0.25) is 0 Å². The molecule has 8 heteroatoms. The number of hydrogen-bond donors (Lipinski definition) is 1. The van der Waals surface area contributed by atoms with Crippen LogP contribution in [-0.4, -0.2) is 44.9 Å². The number of anilines is 1. The van der Waals surface area contributed by atoms with Gasteiger partial charge in [0.25, 0.3) is 5.91 Å². The lowest BCUT2D eigenvalue weighted by Crippen LogP contribution is -2.22. The fraction of sp³-hybridized carbons (Fsp3) is 0.250. The van der Waals surface area contributed by atoms with Crippen LogP contribution in [0.3, 0.4) is 0 Å². The van der Waals surface area contributed by atoms with E-state index in [1.54, 1.807) is 4.68 Å². The normalized spacial score (nSPS) is 11.3. The van der Waals surface area contributed by atoms with E-state index in [4.69, 9.17) is 0 Å². The summed E-state index contributed by atoms with van der Waals surface area (Å²) in [5.74, 6) is -0.248. The first-order chi connectivity index (χ1) is 13.6. The van der Waals surface area contributed by atoms with Crippen molar-refractivity contribution in [1.29, 1.82) is 0 Å². The average Bonchev–Trinajstić information content (AvgIpc) is 3.28. The average molecular weight is 377 g/mol. The molecule has 0 aliphatic heterocycles. The lowest BCUT2D eigenvalue weighted by Gasteiger charge is -2.20. The molecule has 0 bridgehead atoms. The number of carbonyl (C=O) groups is 1. The Balaban J connectivity index is 1.69. The monoisotopic (exact) mass is 377 g/mol. The zero-order chi connectivity index (χ0) is 19.9. The third-order valence-electron chi connectivity index (χ3n) is 4.46. The third-order valence-corrected chi connectivity index (χ3v) is 4.46. The van der Waals surface area contributed by atoms with Crippen molar-refractivity contribution in [2.75, 3.05) is 18.0 Å². The Bertz CT molecular complexity index is 945. The van der Waals surface area contributed by atoms with E-state index in [1.807, 2.05) is 55.5 Å². The summed E-state index contributed by atoms with van der Waals surface area (Å²) in [6.07, 6.45) is 1.52. The summed E-state index contributed by atoms with van der Waals surface area (Å²) in [6, 6.07) is 15.1. The van der Waals surface area contributed by atoms with Gasteiger partial charge in [0, 0.05) is 24.3 Å².